The Bertz CT molecular complexity index is 248. The van der Waals surface area contributed by atoms with Crippen molar-refractivity contribution in [3.8, 4) is 0 Å². The summed E-state index contributed by atoms with van der Waals surface area (Å²) in [6, 6.07) is 11.0. The first kappa shape index (κ1) is 11.4. The van der Waals surface area contributed by atoms with E-state index in [9.17, 15) is 0 Å². The molecule has 72 valence electrons. The van der Waals surface area contributed by atoms with Gasteiger partial charge in [0.25, 0.3) is 6.69 Å². The molecule has 0 N–H and O–H groups in total. The Balaban J connectivity index is 2.44. The van der Waals surface area contributed by atoms with Crippen LogP contribution in [0.25, 0.3) is 0 Å². The summed E-state index contributed by atoms with van der Waals surface area (Å²) in [5, 5.41) is 0. The van der Waals surface area contributed by atoms with Crippen LogP contribution in [0.2, 0.25) is 6.04 Å². The zero-order valence-corrected chi connectivity index (χ0v) is 10.4. The van der Waals surface area contributed by atoms with Crippen LogP contribution >= 0.6 is 33.8 Å². The van der Waals surface area contributed by atoms with E-state index in [0.717, 1.165) is 12.5 Å². The van der Waals surface area contributed by atoms with E-state index in [1.165, 1.54) is 5.56 Å². The third kappa shape index (κ3) is 4.36. The van der Waals surface area contributed by atoms with Gasteiger partial charge in [-0.3, -0.25) is 0 Å². The maximum absolute atomic E-state index is 6.04. The van der Waals surface area contributed by atoms with E-state index in [0.29, 0.717) is 5.50 Å². The molecule has 0 heterocycles. The molecule has 1 aromatic rings. The average molecular weight is 254 g/mol. The maximum atomic E-state index is 6.04. The second-order valence-corrected chi connectivity index (χ2v) is 11.2. The molecule has 0 unspecified atom stereocenters. The molecule has 0 radical (unpaired) electrons. The molecule has 13 heavy (non-hydrogen) atoms. The number of halogens is 3. The van der Waals surface area contributed by atoms with Gasteiger partial charge in [-0.15, -0.1) is 33.8 Å². The first-order chi connectivity index (χ1) is 6.14. The van der Waals surface area contributed by atoms with Crippen LogP contribution in [0.5, 0.6) is 0 Å². The topological polar surface area (TPSA) is 0 Å². The van der Waals surface area contributed by atoms with Gasteiger partial charge in [0.15, 0.2) is 0 Å². The van der Waals surface area contributed by atoms with Crippen LogP contribution in [0, 0.1) is 0 Å². The predicted octanol–water partition coefficient (Wildman–Crippen LogP) is 3.93. The SMILES string of the molecule is ClC[Si](Cl)(Cl)CCc1ccccc1. The summed E-state index contributed by atoms with van der Waals surface area (Å²) >= 11 is 17.7. The van der Waals surface area contributed by atoms with Gasteiger partial charge in [0.2, 0.25) is 0 Å². The smallest absolute Gasteiger partial charge is 0.145 e. The van der Waals surface area contributed by atoms with Gasteiger partial charge in [0.1, 0.15) is 0 Å². The van der Waals surface area contributed by atoms with Crippen LogP contribution in [0.15, 0.2) is 30.3 Å². The molecule has 0 nitrogen and oxygen atoms in total. The minimum absolute atomic E-state index is 0.406. The molecule has 0 aliphatic rings. The van der Waals surface area contributed by atoms with Gasteiger partial charge in [0, 0.05) is 5.50 Å². The Kier molecular flexibility index (Phi) is 4.60. The summed E-state index contributed by atoms with van der Waals surface area (Å²) in [6.07, 6.45) is 0.923. The largest absolute Gasteiger partial charge is 0.265 e. The van der Waals surface area contributed by atoms with Gasteiger partial charge in [-0.1, -0.05) is 30.3 Å². The highest BCUT2D eigenvalue weighted by Gasteiger charge is 2.26. The van der Waals surface area contributed by atoms with Crippen molar-refractivity contribution in [1.29, 1.82) is 0 Å². The number of aryl methyl sites for hydroxylation is 1. The number of hydrogen-bond donors (Lipinski definition) is 0. The van der Waals surface area contributed by atoms with Crippen molar-refractivity contribution in [3.05, 3.63) is 35.9 Å². The summed E-state index contributed by atoms with van der Waals surface area (Å²) < 4.78 is 0. The lowest BCUT2D eigenvalue weighted by molar-refractivity contribution is 1.12. The summed E-state index contributed by atoms with van der Waals surface area (Å²) in [7, 11) is 0. The molecular weight excluding hydrogens is 243 g/mol. The van der Waals surface area contributed by atoms with Crippen LogP contribution in [0.4, 0.5) is 0 Å². The highest BCUT2D eigenvalue weighted by atomic mass is 35.7. The molecule has 0 aliphatic heterocycles. The Morgan fingerprint density at radius 2 is 1.69 bits per heavy atom. The predicted molar refractivity (Wildman–Crippen MR) is 63.1 cm³/mol. The minimum Gasteiger partial charge on any atom is -0.145 e. The minimum atomic E-state index is -2.15. The van der Waals surface area contributed by atoms with Crippen molar-refractivity contribution in [1.82, 2.24) is 0 Å². The van der Waals surface area contributed by atoms with Gasteiger partial charge in [-0.25, -0.2) is 0 Å². The molecule has 0 aliphatic carbocycles. The summed E-state index contributed by atoms with van der Waals surface area (Å²) in [6.45, 7) is -2.15. The van der Waals surface area contributed by atoms with Gasteiger partial charge in [0.05, 0.1) is 0 Å². The molecule has 0 bridgehead atoms. The lowest BCUT2D eigenvalue weighted by atomic mass is 10.2. The summed E-state index contributed by atoms with van der Waals surface area (Å²) in [5.41, 5.74) is 1.67. The zero-order valence-electron chi connectivity index (χ0n) is 7.14. The summed E-state index contributed by atoms with van der Waals surface area (Å²) in [4.78, 5) is 0. The van der Waals surface area contributed by atoms with Crippen molar-refractivity contribution in [2.24, 2.45) is 0 Å². The zero-order chi connectivity index (χ0) is 9.73. The van der Waals surface area contributed by atoms with Gasteiger partial charge in [-0.2, -0.15) is 0 Å². The van der Waals surface area contributed by atoms with E-state index in [-0.39, 0.29) is 0 Å². The molecule has 0 amide bonds. The van der Waals surface area contributed by atoms with Crippen molar-refractivity contribution in [2.75, 3.05) is 5.50 Å². The molecule has 1 aromatic carbocycles. The lowest BCUT2D eigenvalue weighted by Crippen LogP contribution is -2.22. The molecule has 1 rings (SSSR count). The quantitative estimate of drug-likeness (QED) is 0.433. The fraction of sp³-hybridized carbons (Fsp3) is 0.333. The van der Waals surface area contributed by atoms with Crippen molar-refractivity contribution in [3.63, 3.8) is 0 Å². The monoisotopic (exact) mass is 252 g/mol. The number of rotatable bonds is 4. The van der Waals surface area contributed by atoms with Crippen LogP contribution in [-0.4, -0.2) is 12.2 Å². The molecular formula is C9H11Cl3Si. The summed E-state index contributed by atoms with van der Waals surface area (Å²) in [5.74, 6) is 0. The third-order valence-corrected chi connectivity index (χ3v) is 7.32. The third-order valence-electron chi connectivity index (χ3n) is 1.82. The van der Waals surface area contributed by atoms with Gasteiger partial charge in [-0.05, 0) is 18.0 Å². The first-order valence-corrected chi connectivity index (χ1v) is 9.09. The van der Waals surface area contributed by atoms with E-state index < -0.39 is 6.69 Å². The highest BCUT2D eigenvalue weighted by molar-refractivity contribution is 7.46. The Hall–Kier alpha value is 0.307. The molecule has 0 saturated carbocycles. The first-order valence-electron chi connectivity index (χ1n) is 4.12. The van der Waals surface area contributed by atoms with Gasteiger partial charge >= 0.3 is 0 Å². The molecule has 0 spiro atoms. The standard InChI is InChI=1S/C9H11Cl3Si/c10-8-13(11,12)7-6-9-4-2-1-3-5-9/h1-5H,6-8H2. The van der Waals surface area contributed by atoms with Crippen LogP contribution in [0.3, 0.4) is 0 Å². The molecule has 0 saturated heterocycles. The highest BCUT2D eigenvalue weighted by Crippen LogP contribution is 2.23. The van der Waals surface area contributed by atoms with E-state index in [1.54, 1.807) is 0 Å². The molecule has 0 aromatic heterocycles. The molecule has 0 fully saturated rings. The Labute approximate surface area is 94.2 Å². The lowest BCUT2D eigenvalue weighted by Gasteiger charge is -2.12. The molecule has 4 heteroatoms. The van der Waals surface area contributed by atoms with Crippen LogP contribution in [0.1, 0.15) is 5.56 Å². The normalized spacial score (nSPS) is 11.6. The van der Waals surface area contributed by atoms with E-state index >= 15 is 0 Å². The van der Waals surface area contributed by atoms with Crippen LogP contribution in [-0.2, 0) is 6.42 Å². The Morgan fingerprint density at radius 3 is 2.23 bits per heavy atom. The van der Waals surface area contributed by atoms with E-state index in [2.05, 4.69) is 12.1 Å². The Morgan fingerprint density at radius 1 is 1.08 bits per heavy atom. The fourth-order valence-corrected chi connectivity index (χ4v) is 2.79. The van der Waals surface area contributed by atoms with Crippen LogP contribution < -0.4 is 0 Å². The number of benzene rings is 1. The van der Waals surface area contributed by atoms with E-state index in [4.69, 9.17) is 33.8 Å². The number of hydrogen-bond acceptors (Lipinski definition) is 0. The van der Waals surface area contributed by atoms with Crippen molar-refractivity contribution < 1.29 is 0 Å². The van der Waals surface area contributed by atoms with Gasteiger partial charge < -0.3 is 0 Å². The van der Waals surface area contributed by atoms with E-state index in [1.807, 2.05) is 18.2 Å². The average Bonchev–Trinajstić information content (AvgIpc) is 2.17. The number of alkyl halides is 1. The van der Waals surface area contributed by atoms with Crippen molar-refractivity contribution >= 4 is 40.5 Å². The molecule has 0 atom stereocenters. The fourth-order valence-electron chi connectivity index (χ4n) is 1.04. The second kappa shape index (κ2) is 5.25. The maximum Gasteiger partial charge on any atom is 0.265 e. The van der Waals surface area contributed by atoms with Crippen molar-refractivity contribution in [2.45, 2.75) is 12.5 Å². The second-order valence-electron chi connectivity index (χ2n) is 2.98.